The summed E-state index contributed by atoms with van der Waals surface area (Å²) in [6.07, 6.45) is 7.74. The van der Waals surface area contributed by atoms with Crippen LogP contribution in [0.4, 0.5) is 0 Å². The van der Waals surface area contributed by atoms with E-state index in [1.807, 2.05) is 12.1 Å². The average Bonchev–Trinajstić information content (AvgIpc) is 2.48. The van der Waals surface area contributed by atoms with Gasteiger partial charge in [0.1, 0.15) is 0 Å². The van der Waals surface area contributed by atoms with Crippen LogP contribution >= 0.6 is 0 Å². The van der Waals surface area contributed by atoms with E-state index in [2.05, 4.69) is 29.0 Å². The Kier molecular flexibility index (Phi) is 4.82. The Morgan fingerprint density at radius 1 is 1.10 bits per heavy atom. The van der Waals surface area contributed by atoms with Gasteiger partial charge in [0, 0.05) is 18.0 Å². The minimum atomic E-state index is -0.511. The molecule has 104 valence electrons. The Balaban J connectivity index is 2.07. The molecule has 4 nitrogen and oxygen atoms in total. The zero-order valence-corrected chi connectivity index (χ0v) is 11.7. The van der Waals surface area contributed by atoms with Gasteiger partial charge in [-0.15, -0.1) is 0 Å². The van der Waals surface area contributed by atoms with Crippen LogP contribution in [0.2, 0.25) is 0 Å². The zero-order chi connectivity index (χ0) is 14.4. The third-order valence-corrected chi connectivity index (χ3v) is 3.22. The number of hydrogen-bond donors (Lipinski definition) is 1. The minimum Gasteiger partial charge on any atom is -0.366 e. The van der Waals surface area contributed by atoms with Gasteiger partial charge in [0.05, 0.1) is 5.56 Å². The number of benzene rings is 1. The fourth-order valence-corrected chi connectivity index (χ4v) is 2.00. The second kappa shape index (κ2) is 6.80. The molecular weight excluding hydrogens is 250 g/mol. The zero-order valence-electron chi connectivity index (χ0n) is 11.7. The molecule has 0 aliphatic carbocycles. The predicted octanol–water partition coefficient (Wildman–Crippen LogP) is 2.98. The van der Waals surface area contributed by atoms with Crippen molar-refractivity contribution >= 4 is 5.91 Å². The quantitative estimate of drug-likeness (QED) is 0.820. The molecule has 0 saturated heterocycles. The van der Waals surface area contributed by atoms with Crippen molar-refractivity contribution in [2.75, 3.05) is 0 Å². The standard InChI is InChI=1S/C16H19N3O/c1-2-3-4-5-12-6-8-13(9-7-12)16-18-10-14(11-19-16)15(17)20/h6-11H,2-5H2,1H3,(H2,17,20). The third-order valence-electron chi connectivity index (χ3n) is 3.22. The molecule has 4 heteroatoms. The molecule has 0 atom stereocenters. The Hall–Kier alpha value is -2.23. The van der Waals surface area contributed by atoms with Gasteiger partial charge < -0.3 is 5.73 Å². The van der Waals surface area contributed by atoms with Crippen molar-refractivity contribution in [3.05, 3.63) is 47.8 Å². The first-order valence-corrected chi connectivity index (χ1v) is 6.92. The number of nitrogens with two attached hydrogens (primary N) is 1. The number of amides is 1. The van der Waals surface area contributed by atoms with Crippen molar-refractivity contribution < 1.29 is 4.79 Å². The van der Waals surface area contributed by atoms with Crippen LogP contribution in [-0.2, 0) is 6.42 Å². The number of nitrogens with zero attached hydrogens (tertiary/aromatic N) is 2. The number of primary amides is 1. The second-order valence-corrected chi connectivity index (χ2v) is 4.81. The van der Waals surface area contributed by atoms with Crippen LogP contribution in [0.15, 0.2) is 36.7 Å². The maximum absolute atomic E-state index is 11.0. The summed E-state index contributed by atoms with van der Waals surface area (Å²) < 4.78 is 0. The third kappa shape index (κ3) is 3.63. The highest BCUT2D eigenvalue weighted by Gasteiger charge is 2.04. The molecule has 0 spiro atoms. The van der Waals surface area contributed by atoms with E-state index in [1.54, 1.807) is 0 Å². The van der Waals surface area contributed by atoms with Gasteiger partial charge >= 0.3 is 0 Å². The maximum Gasteiger partial charge on any atom is 0.251 e. The van der Waals surface area contributed by atoms with Gasteiger partial charge in [0.2, 0.25) is 0 Å². The molecule has 1 aromatic carbocycles. The van der Waals surface area contributed by atoms with Gasteiger partial charge in [-0.2, -0.15) is 0 Å². The van der Waals surface area contributed by atoms with E-state index in [4.69, 9.17) is 5.73 Å². The van der Waals surface area contributed by atoms with Crippen molar-refractivity contribution in [3.63, 3.8) is 0 Å². The van der Waals surface area contributed by atoms with E-state index >= 15 is 0 Å². The lowest BCUT2D eigenvalue weighted by molar-refractivity contribution is 0.0999. The first-order chi connectivity index (χ1) is 9.70. The van der Waals surface area contributed by atoms with Crippen LogP contribution in [0.1, 0.15) is 42.1 Å². The number of rotatable bonds is 6. The number of aryl methyl sites for hydroxylation is 1. The molecule has 0 unspecified atom stereocenters. The van der Waals surface area contributed by atoms with Gasteiger partial charge in [-0.05, 0) is 18.4 Å². The van der Waals surface area contributed by atoms with E-state index in [0.717, 1.165) is 12.0 Å². The smallest absolute Gasteiger partial charge is 0.251 e. The first kappa shape index (κ1) is 14.2. The molecule has 1 heterocycles. The largest absolute Gasteiger partial charge is 0.366 e. The maximum atomic E-state index is 11.0. The molecule has 1 aromatic heterocycles. The molecule has 0 aliphatic rings. The summed E-state index contributed by atoms with van der Waals surface area (Å²) in [7, 11) is 0. The Morgan fingerprint density at radius 3 is 2.30 bits per heavy atom. The summed E-state index contributed by atoms with van der Waals surface area (Å²) in [6, 6.07) is 8.24. The highest BCUT2D eigenvalue weighted by Crippen LogP contribution is 2.16. The van der Waals surface area contributed by atoms with Crippen LogP contribution in [0, 0.1) is 0 Å². The Morgan fingerprint density at radius 2 is 1.75 bits per heavy atom. The molecule has 2 rings (SSSR count). The van der Waals surface area contributed by atoms with E-state index in [1.165, 1.54) is 37.2 Å². The van der Waals surface area contributed by atoms with Crippen molar-refractivity contribution in [2.24, 2.45) is 5.73 Å². The van der Waals surface area contributed by atoms with Crippen molar-refractivity contribution in [1.82, 2.24) is 9.97 Å². The lowest BCUT2D eigenvalue weighted by Crippen LogP contribution is -2.11. The molecule has 2 N–H and O–H groups in total. The Bertz CT molecular complexity index is 561. The normalized spacial score (nSPS) is 10.4. The minimum absolute atomic E-state index is 0.324. The van der Waals surface area contributed by atoms with E-state index in [-0.39, 0.29) is 0 Å². The highest BCUT2D eigenvalue weighted by atomic mass is 16.1. The second-order valence-electron chi connectivity index (χ2n) is 4.81. The van der Waals surface area contributed by atoms with Gasteiger partial charge in [0.15, 0.2) is 5.82 Å². The number of unbranched alkanes of at least 4 members (excludes halogenated alkanes) is 2. The molecule has 0 bridgehead atoms. The van der Waals surface area contributed by atoms with E-state index < -0.39 is 5.91 Å². The SMILES string of the molecule is CCCCCc1ccc(-c2ncc(C(N)=O)cn2)cc1. The number of carbonyl (C=O) groups is 1. The number of hydrogen-bond acceptors (Lipinski definition) is 3. The molecule has 0 aliphatic heterocycles. The molecule has 0 saturated carbocycles. The Labute approximate surface area is 119 Å². The van der Waals surface area contributed by atoms with Gasteiger partial charge in [-0.25, -0.2) is 9.97 Å². The van der Waals surface area contributed by atoms with Gasteiger partial charge in [-0.3, -0.25) is 4.79 Å². The predicted molar refractivity (Wildman–Crippen MR) is 79.2 cm³/mol. The fourth-order valence-electron chi connectivity index (χ4n) is 2.00. The van der Waals surface area contributed by atoms with Crippen LogP contribution < -0.4 is 5.73 Å². The van der Waals surface area contributed by atoms with E-state index in [0.29, 0.717) is 11.4 Å². The molecule has 1 amide bonds. The number of carbonyl (C=O) groups excluding carboxylic acids is 1. The fraction of sp³-hybridized carbons (Fsp3) is 0.312. The molecular formula is C16H19N3O. The summed E-state index contributed by atoms with van der Waals surface area (Å²) in [5, 5.41) is 0. The number of aromatic nitrogens is 2. The van der Waals surface area contributed by atoms with Crippen molar-refractivity contribution in [1.29, 1.82) is 0 Å². The van der Waals surface area contributed by atoms with Crippen LogP contribution in [0.3, 0.4) is 0 Å². The summed E-state index contributed by atoms with van der Waals surface area (Å²) in [5.41, 5.74) is 7.76. The summed E-state index contributed by atoms with van der Waals surface area (Å²) in [6.45, 7) is 2.20. The van der Waals surface area contributed by atoms with Crippen LogP contribution in [0.25, 0.3) is 11.4 Å². The summed E-state index contributed by atoms with van der Waals surface area (Å²) >= 11 is 0. The molecule has 0 fully saturated rings. The van der Waals surface area contributed by atoms with Crippen molar-refractivity contribution in [2.45, 2.75) is 32.6 Å². The monoisotopic (exact) mass is 269 g/mol. The lowest BCUT2D eigenvalue weighted by Gasteiger charge is -2.04. The molecule has 20 heavy (non-hydrogen) atoms. The summed E-state index contributed by atoms with van der Waals surface area (Å²) in [4.78, 5) is 19.3. The highest BCUT2D eigenvalue weighted by molar-refractivity contribution is 5.92. The summed E-state index contributed by atoms with van der Waals surface area (Å²) in [5.74, 6) is 0.0953. The van der Waals surface area contributed by atoms with Crippen LogP contribution in [-0.4, -0.2) is 15.9 Å². The van der Waals surface area contributed by atoms with Gasteiger partial charge in [-0.1, -0.05) is 44.0 Å². The van der Waals surface area contributed by atoms with Crippen LogP contribution in [0.5, 0.6) is 0 Å². The molecule has 2 aromatic rings. The topological polar surface area (TPSA) is 68.9 Å². The van der Waals surface area contributed by atoms with Crippen molar-refractivity contribution in [3.8, 4) is 11.4 Å². The van der Waals surface area contributed by atoms with E-state index in [9.17, 15) is 4.79 Å². The lowest BCUT2D eigenvalue weighted by atomic mass is 10.1. The van der Waals surface area contributed by atoms with Gasteiger partial charge in [0.25, 0.3) is 5.91 Å². The first-order valence-electron chi connectivity index (χ1n) is 6.92. The average molecular weight is 269 g/mol. The molecule has 0 radical (unpaired) electrons.